The molecule has 23 heavy (non-hydrogen) atoms. The van der Waals surface area contributed by atoms with Crippen LogP contribution in [0.5, 0.6) is 5.75 Å². The molecule has 1 aromatic heterocycles. The average molecular weight is 332 g/mol. The molecule has 1 heterocycles. The molecule has 0 spiro atoms. The first kappa shape index (κ1) is 17.5. The summed E-state index contributed by atoms with van der Waals surface area (Å²) in [7, 11) is 1.94. The van der Waals surface area contributed by atoms with E-state index in [4.69, 9.17) is 4.74 Å². The monoisotopic (exact) mass is 332 g/mol. The van der Waals surface area contributed by atoms with Crippen LogP contribution in [0.15, 0.2) is 41.8 Å². The molecule has 0 fully saturated rings. The van der Waals surface area contributed by atoms with Crippen molar-refractivity contribution in [1.29, 1.82) is 0 Å². The normalized spacial score (nSPS) is 12.2. The highest BCUT2D eigenvalue weighted by Gasteiger charge is 2.17. The van der Waals surface area contributed by atoms with Crippen molar-refractivity contribution in [1.82, 2.24) is 10.2 Å². The van der Waals surface area contributed by atoms with Gasteiger partial charge in [-0.3, -0.25) is 9.69 Å². The largest absolute Gasteiger partial charge is 0.492 e. The highest BCUT2D eigenvalue weighted by Crippen LogP contribution is 2.11. The fourth-order valence-electron chi connectivity index (χ4n) is 2.07. The van der Waals surface area contributed by atoms with Crippen LogP contribution in [-0.2, 0) is 11.3 Å². The van der Waals surface area contributed by atoms with E-state index in [2.05, 4.69) is 5.32 Å². The summed E-state index contributed by atoms with van der Waals surface area (Å²) < 4.78 is 5.71. The maximum Gasteiger partial charge on any atom is 0.237 e. The quantitative estimate of drug-likeness (QED) is 0.808. The van der Waals surface area contributed by atoms with E-state index in [1.165, 1.54) is 5.56 Å². The summed E-state index contributed by atoms with van der Waals surface area (Å²) in [4.78, 5) is 15.3. The molecule has 1 unspecified atom stereocenters. The summed E-state index contributed by atoms with van der Waals surface area (Å²) >= 11 is 1.65. The van der Waals surface area contributed by atoms with Crippen molar-refractivity contribution in [3.8, 4) is 5.75 Å². The predicted octanol–water partition coefficient (Wildman–Crippen LogP) is 3.07. The number of benzene rings is 1. The molecular weight excluding hydrogens is 308 g/mol. The molecule has 1 atom stereocenters. The topological polar surface area (TPSA) is 41.6 Å². The number of amides is 1. The van der Waals surface area contributed by atoms with E-state index in [-0.39, 0.29) is 11.9 Å². The van der Waals surface area contributed by atoms with Gasteiger partial charge in [-0.15, -0.1) is 11.3 Å². The number of thiophene rings is 1. The van der Waals surface area contributed by atoms with Crippen LogP contribution in [-0.4, -0.2) is 37.0 Å². The van der Waals surface area contributed by atoms with Gasteiger partial charge in [-0.1, -0.05) is 23.8 Å². The first-order valence-corrected chi connectivity index (χ1v) is 8.64. The van der Waals surface area contributed by atoms with E-state index in [0.29, 0.717) is 19.7 Å². The molecule has 2 rings (SSSR count). The molecule has 0 aliphatic heterocycles. The molecule has 124 valence electrons. The number of carbonyl (C=O) groups is 1. The van der Waals surface area contributed by atoms with Gasteiger partial charge in [0.1, 0.15) is 12.4 Å². The Hall–Kier alpha value is -1.85. The molecule has 0 aliphatic rings. The molecule has 5 heteroatoms. The molecule has 1 amide bonds. The predicted molar refractivity (Wildman–Crippen MR) is 94.9 cm³/mol. The average Bonchev–Trinajstić information content (AvgIpc) is 3.07. The van der Waals surface area contributed by atoms with Gasteiger partial charge < -0.3 is 10.1 Å². The first-order chi connectivity index (χ1) is 11.1. The fraction of sp³-hybridized carbons (Fsp3) is 0.389. The third-order valence-corrected chi connectivity index (χ3v) is 4.67. The SMILES string of the molecule is Cc1ccc(OCCN(C)C(C)C(=O)NCc2cccs2)cc1. The van der Waals surface area contributed by atoms with Gasteiger partial charge in [0, 0.05) is 11.4 Å². The standard InChI is InChI=1S/C18H24N2O2S/c1-14-6-8-16(9-7-14)22-11-10-20(3)15(2)18(21)19-13-17-5-4-12-23-17/h4-9,12,15H,10-11,13H2,1-3H3,(H,19,21). The zero-order valence-electron chi connectivity index (χ0n) is 13.9. The third-order valence-electron chi connectivity index (χ3n) is 3.79. The van der Waals surface area contributed by atoms with Crippen LogP contribution >= 0.6 is 11.3 Å². The van der Waals surface area contributed by atoms with Crippen LogP contribution in [0, 0.1) is 6.92 Å². The minimum absolute atomic E-state index is 0.0382. The van der Waals surface area contributed by atoms with Gasteiger partial charge in [-0.2, -0.15) is 0 Å². The number of carbonyl (C=O) groups excluding carboxylic acids is 1. The van der Waals surface area contributed by atoms with Crippen molar-refractivity contribution >= 4 is 17.2 Å². The van der Waals surface area contributed by atoms with Crippen molar-refractivity contribution in [2.45, 2.75) is 26.4 Å². The van der Waals surface area contributed by atoms with Crippen molar-refractivity contribution < 1.29 is 9.53 Å². The lowest BCUT2D eigenvalue weighted by Gasteiger charge is -2.23. The third kappa shape index (κ3) is 5.69. The lowest BCUT2D eigenvalue weighted by Crippen LogP contribution is -2.44. The molecular formula is C18H24N2O2S. The minimum atomic E-state index is -0.184. The first-order valence-electron chi connectivity index (χ1n) is 7.76. The number of nitrogens with zero attached hydrogens (tertiary/aromatic N) is 1. The number of likely N-dealkylation sites (N-methyl/N-ethyl adjacent to an activating group) is 1. The van der Waals surface area contributed by atoms with Crippen LogP contribution in [0.2, 0.25) is 0 Å². The van der Waals surface area contributed by atoms with Gasteiger partial charge in [-0.25, -0.2) is 0 Å². The second-order valence-electron chi connectivity index (χ2n) is 5.62. The Morgan fingerprint density at radius 2 is 2.04 bits per heavy atom. The Morgan fingerprint density at radius 1 is 1.30 bits per heavy atom. The van der Waals surface area contributed by atoms with E-state index < -0.39 is 0 Å². The lowest BCUT2D eigenvalue weighted by atomic mass is 10.2. The van der Waals surface area contributed by atoms with Crippen molar-refractivity contribution in [2.75, 3.05) is 20.2 Å². The van der Waals surface area contributed by atoms with Crippen LogP contribution in [0.1, 0.15) is 17.4 Å². The maximum atomic E-state index is 12.2. The second kappa shape index (κ2) is 8.70. The Labute approximate surface area is 142 Å². The smallest absolute Gasteiger partial charge is 0.237 e. The van der Waals surface area contributed by atoms with E-state index >= 15 is 0 Å². The van der Waals surface area contributed by atoms with Gasteiger partial charge >= 0.3 is 0 Å². The fourth-order valence-corrected chi connectivity index (χ4v) is 2.72. The molecule has 0 radical (unpaired) electrons. The number of nitrogens with one attached hydrogen (secondary N) is 1. The molecule has 0 saturated heterocycles. The van der Waals surface area contributed by atoms with Crippen LogP contribution in [0.3, 0.4) is 0 Å². The van der Waals surface area contributed by atoms with Crippen LogP contribution in [0.4, 0.5) is 0 Å². The van der Waals surface area contributed by atoms with Crippen LogP contribution < -0.4 is 10.1 Å². The summed E-state index contributed by atoms with van der Waals surface area (Å²) in [5.41, 5.74) is 1.21. The zero-order valence-corrected chi connectivity index (χ0v) is 14.7. The van der Waals surface area contributed by atoms with Gasteiger partial charge in [0.15, 0.2) is 0 Å². The van der Waals surface area contributed by atoms with E-state index in [9.17, 15) is 4.79 Å². The zero-order chi connectivity index (χ0) is 16.7. The summed E-state index contributed by atoms with van der Waals surface area (Å²) in [6.07, 6.45) is 0. The number of rotatable bonds is 8. The Kier molecular flexibility index (Phi) is 6.62. The van der Waals surface area contributed by atoms with Gasteiger partial charge in [-0.05, 0) is 44.5 Å². The number of hydrogen-bond acceptors (Lipinski definition) is 4. The molecule has 1 N–H and O–H groups in total. The summed E-state index contributed by atoms with van der Waals surface area (Å²) in [5.74, 6) is 0.898. The molecule has 2 aromatic rings. The Morgan fingerprint density at radius 3 is 2.70 bits per heavy atom. The Balaban J connectivity index is 1.70. The molecule has 0 bridgehead atoms. The van der Waals surface area contributed by atoms with Gasteiger partial charge in [0.05, 0.1) is 12.6 Å². The van der Waals surface area contributed by atoms with E-state index in [0.717, 1.165) is 10.6 Å². The van der Waals surface area contributed by atoms with E-state index in [1.807, 2.05) is 67.6 Å². The molecule has 0 aliphatic carbocycles. The summed E-state index contributed by atoms with van der Waals surface area (Å²) in [5, 5.41) is 4.98. The van der Waals surface area contributed by atoms with Crippen molar-refractivity contribution in [2.24, 2.45) is 0 Å². The van der Waals surface area contributed by atoms with Gasteiger partial charge in [0.2, 0.25) is 5.91 Å². The minimum Gasteiger partial charge on any atom is -0.492 e. The lowest BCUT2D eigenvalue weighted by molar-refractivity contribution is -0.125. The molecule has 0 saturated carbocycles. The molecule has 1 aromatic carbocycles. The maximum absolute atomic E-state index is 12.2. The van der Waals surface area contributed by atoms with Crippen LogP contribution in [0.25, 0.3) is 0 Å². The van der Waals surface area contributed by atoms with E-state index in [1.54, 1.807) is 11.3 Å². The number of hydrogen-bond donors (Lipinski definition) is 1. The molecule has 4 nitrogen and oxygen atoms in total. The summed E-state index contributed by atoms with van der Waals surface area (Å²) in [6.45, 7) is 5.81. The number of ether oxygens (including phenoxy) is 1. The second-order valence-corrected chi connectivity index (χ2v) is 6.65. The number of aryl methyl sites for hydroxylation is 1. The summed E-state index contributed by atoms with van der Waals surface area (Å²) in [6, 6.07) is 11.8. The highest BCUT2D eigenvalue weighted by atomic mass is 32.1. The van der Waals surface area contributed by atoms with Crippen molar-refractivity contribution in [3.63, 3.8) is 0 Å². The highest BCUT2D eigenvalue weighted by molar-refractivity contribution is 7.09. The van der Waals surface area contributed by atoms with Gasteiger partial charge in [0.25, 0.3) is 0 Å². The Bertz CT molecular complexity index is 596. The van der Waals surface area contributed by atoms with Crippen molar-refractivity contribution in [3.05, 3.63) is 52.2 Å².